The molecule has 3 rings (SSSR count). The molecule has 0 saturated carbocycles. The van der Waals surface area contributed by atoms with Gasteiger partial charge < -0.3 is 4.57 Å². The fraction of sp³-hybridized carbons (Fsp3) is 0.421. The quantitative estimate of drug-likeness (QED) is 0.842. The van der Waals surface area contributed by atoms with Gasteiger partial charge in [-0.2, -0.15) is 4.31 Å². The Labute approximate surface area is 149 Å². The summed E-state index contributed by atoms with van der Waals surface area (Å²) >= 11 is 0. The Hall–Kier alpha value is -1.92. The van der Waals surface area contributed by atoms with Gasteiger partial charge in [0.05, 0.1) is 6.54 Å². The molecular weight excluding hydrogens is 336 g/mol. The van der Waals surface area contributed by atoms with Gasteiger partial charge in [0.15, 0.2) is 0 Å². The van der Waals surface area contributed by atoms with Gasteiger partial charge in [0.2, 0.25) is 10.0 Å². The molecule has 0 amide bonds. The molecule has 0 bridgehead atoms. The average molecular weight is 360 g/mol. The van der Waals surface area contributed by atoms with Crippen LogP contribution >= 0.6 is 0 Å². The first kappa shape index (κ1) is 17.9. The number of aromatic nitrogens is 1. The van der Waals surface area contributed by atoms with Crippen LogP contribution < -0.4 is 5.56 Å². The van der Waals surface area contributed by atoms with Crippen LogP contribution in [-0.4, -0.2) is 30.4 Å². The van der Waals surface area contributed by atoms with E-state index in [9.17, 15) is 13.2 Å². The lowest BCUT2D eigenvalue weighted by Crippen LogP contribution is -2.37. The number of benzene rings is 1. The van der Waals surface area contributed by atoms with Gasteiger partial charge in [-0.05, 0) is 43.0 Å². The molecule has 134 valence electrons. The van der Waals surface area contributed by atoms with Gasteiger partial charge in [0, 0.05) is 19.3 Å². The van der Waals surface area contributed by atoms with E-state index in [2.05, 4.69) is 0 Å². The Balaban J connectivity index is 1.95. The number of nitrogens with zero attached hydrogens (tertiary/aromatic N) is 2. The van der Waals surface area contributed by atoms with E-state index in [-0.39, 0.29) is 4.90 Å². The highest BCUT2D eigenvalue weighted by molar-refractivity contribution is 7.89. The predicted molar refractivity (Wildman–Crippen MR) is 98.2 cm³/mol. The van der Waals surface area contributed by atoms with E-state index in [1.807, 2.05) is 31.2 Å². The van der Waals surface area contributed by atoms with Gasteiger partial charge in [0.1, 0.15) is 4.90 Å². The summed E-state index contributed by atoms with van der Waals surface area (Å²) in [6.07, 6.45) is 5.43. The monoisotopic (exact) mass is 360 g/mol. The lowest BCUT2D eigenvalue weighted by atomic mass is 10.1. The maximum atomic E-state index is 12.9. The van der Waals surface area contributed by atoms with E-state index in [1.165, 1.54) is 14.9 Å². The predicted octanol–water partition coefficient (Wildman–Crippen LogP) is 2.77. The number of hydrogen-bond donors (Lipinski definition) is 0. The fourth-order valence-electron chi connectivity index (χ4n) is 3.23. The van der Waals surface area contributed by atoms with Gasteiger partial charge in [-0.25, -0.2) is 8.42 Å². The third-order valence-corrected chi connectivity index (χ3v) is 6.68. The maximum absolute atomic E-state index is 12.9. The lowest BCUT2D eigenvalue weighted by molar-refractivity contribution is 0.422. The van der Waals surface area contributed by atoms with Crippen LogP contribution in [-0.2, 0) is 16.6 Å². The molecule has 0 unspecified atom stereocenters. The zero-order chi connectivity index (χ0) is 17.9. The number of aryl methyl sites for hydroxylation is 1. The van der Waals surface area contributed by atoms with Crippen LogP contribution in [0.4, 0.5) is 0 Å². The molecule has 1 aliphatic heterocycles. The van der Waals surface area contributed by atoms with Gasteiger partial charge >= 0.3 is 0 Å². The zero-order valence-corrected chi connectivity index (χ0v) is 15.3. The summed E-state index contributed by atoms with van der Waals surface area (Å²) in [6, 6.07) is 10.9. The Kier molecular flexibility index (Phi) is 5.39. The third-order valence-electron chi connectivity index (χ3n) is 4.77. The molecule has 0 aliphatic carbocycles. The summed E-state index contributed by atoms with van der Waals surface area (Å²) in [5.41, 5.74) is 1.64. The normalized spacial score (nSPS) is 16.5. The van der Waals surface area contributed by atoms with Gasteiger partial charge in [-0.3, -0.25) is 4.79 Å². The Morgan fingerprint density at radius 3 is 2.32 bits per heavy atom. The summed E-state index contributed by atoms with van der Waals surface area (Å²) in [5, 5.41) is 0. The number of rotatable bonds is 4. The summed E-state index contributed by atoms with van der Waals surface area (Å²) in [5.74, 6) is 0. The molecule has 0 radical (unpaired) electrons. The minimum atomic E-state index is -3.74. The van der Waals surface area contributed by atoms with Crippen LogP contribution in [0.5, 0.6) is 0 Å². The second-order valence-electron chi connectivity index (χ2n) is 6.55. The molecule has 5 nitrogen and oxygen atoms in total. The van der Waals surface area contributed by atoms with E-state index >= 15 is 0 Å². The minimum absolute atomic E-state index is 0.120. The summed E-state index contributed by atoms with van der Waals surface area (Å²) in [7, 11) is -3.74. The van der Waals surface area contributed by atoms with Crippen LogP contribution in [0.25, 0.3) is 0 Å². The van der Waals surface area contributed by atoms with Crippen molar-refractivity contribution in [1.82, 2.24) is 8.87 Å². The van der Waals surface area contributed by atoms with Crippen molar-refractivity contribution in [2.75, 3.05) is 13.1 Å². The highest BCUT2D eigenvalue weighted by atomic mass is 32.2. The van der Waals surface area contributed by atoms with Gasteiger partial charge in [-0.15, -0.1) is 0 Å². The molecule has 0 spiro atoms. The molecular formula is C19H24N2O3S. The molecule has 1 aromatic carbocycles. The van der Waals surface area contributed by atoms with Crippen LogP contribution in [0.15, 0.2) is 52.3 Å². The van der Waals surface area contributed by atoms with Crippen molar-refractivity contribution in [3.8, 4) is 0 Å². The second kappa shape index (κ2) is 7.54. The summed E-state index contributed by atoms with van der Waals surface area (Å²) in [6.45, 7) is 3.34. The molecule has 0 atom stereocenters. The maximum Gasteiger partial charge on any atom is 0.271 e. The summed E-state index contributed by atoms with van der Waals surface area (Å²) in [4.78, 5) is 12.7. The van der Waals surface area contributed by atoms with Crippen molar-refractivity contribution in [2.45, 2.75) is 44.0 Å². The standard InChI is InChI=1S/C19H24N2O3S/c1-16-9-4-5-10-17(16)15-20-12-8-11-18(19(20)22)25(23,24)21-13-6-2-3-7-14-21/h4-5,8-12H,2-3,6-7,13-15H2,1H3. The zero-order valence-electron chi connectivity index (χ0n) is 14.5. The summed E-state index contributed by atoms with van der Waals surface area (Å²) < 4.78 is 28.8. The van der Waals surface area contributed by atoms with Crippen LogP contribution in [0.2, 0.25) is 0 Å². The molecule has 2 heterocycles. The molecule has 2 aromatic rings. The van der Waals surface area contributed by atoms with Gasteiger partial charge in [-0.1, -0.05) is 37.1 Å². The van der Waals surface area contributed by atoms with Gasteiger partial charge in [0.25, 0.3) is 5.56 Å². The average Bonchev–Trinajstić information content (AvgIpc) is 2.88. The first-order valence-corrected chi connectivity index (χ1v) is 10.2. The molecule has 6 heteroatoms. The van der Waals surface area contributed by atoms with E-state index in [4.69, 9.17) is 0 Å². The van der Waals surface area contributed by atoms with Crippen molar-refractivity contribution >= 4 is 10.0 Å². The van der Waals surface area contributed by atoms with Crippen molar-refractivity contribution in [2.24, 2.45) is 0 Å². The van der Waals surface area contributed by atoms with Crippen LogP contribution in [0.3, 0.4) is 0 Å². The minimum Gasteiger partial charge on any atom is -0.310 e. The fourth-order valence-corrected chi connectivity index (χ4v) is 4.83. The number of sulfonamides is 1. The van der Waals surface area contributed by atoms with E-state index < -0.39 is 15.6 Å². The molecule has 25 heavy (non-hydrogen) atoms. The van der Waals surface area contributed by atoms with Crippen molar-refractivity contribution < 1.29 is 8.42 Å². The van der Waals surface area contributed by atoms with Crippen LogP contribution in [0, 0.1) is 6.92 Å². The molecule has 1 fully saturated rings. The van der Waals surface area contributed by atoms with Crippen molar-refractivity contribution in [3.63, 3.8) is 0 Å². The first-order valence-electron chi connectivity index (χ1n) is 8.74. The van der Waals surface area contributed by atoms with Crippen molar-refractivity contribution in [1.29, 1.82) is 0 Å². The highest BCUT2D eigenvalue weighted by Gasteiger charge is 2.28. The Morgan fingerprint density at radius 1 is 0.960 bits per heavy atom. The van der Waals surface area contributed by atoms with E-state index in [1.54, 1.807) is 12.3 Å². The number of hydrogen-bond acceptors (Lipinski definition) is 3. The van der Waals surface area contributed by atoms with Crippen molar-refractivity contribution in [3.05, 3.63) is 64.1 Å². The molecule has 0 N–H and O–H groups in total. The molecule has 1 aliphatic rings. The van der Waals surface area contributed by atoms with E-state index in [0.717, 1.165) is 36.8 Å². The van der Waals surface area contributed by atoms with E-state index in [0.29, 0.717) is 19.6 Å². The topological polar surface area (TPSA) is 59.4 Å². The highest BCUT2D eigenvalue weighted by Crippen LogP contribution is 2.18. The third kappa shape index (κ3) is 3.85. The second-order valence-corrected chi connectivity index (χ2v) is 8.46. The number of pyridine rings is 1. The SMILES string of the molecule is Cc1ccccc1Cn1cccc(S(=O)(=O)N2CCCCCC2)c1=O. The Morgan fingerprint density at radius 2 is 1.64 bits per heavy atom. The van der Waals surface area contributed by atoms with Crippen LogP contribution in [0.1, 0.15) is 36.8 Å². The largest absolute Gasteiger partial charge is 0.310 e. The lowest BCUT2D eigenvalue weighted by Gasteiger charge is -2.20. The molecule has 1 saturated heterocycles. The Bertz CT molecular complexity index is 895. The molecule has 1 aromatic heterocycles. The smallest absolute Gasteiger partial charge is 0.271 e. The first-order chi connectivity index (χ1) is 12.0.